The zero-order chi connectivity index (χ0) is 91.1. The molecule has 138 heavy (non-hydrogen) atoms. The highest BCUT2D eigenvalue weighted by Crippen LogP contribution is 2.48. The van der Waals surface area contributed by atoms with Crippen LogP contribution in [0.15, 0.2) is 479 Å². The van der Waals surface area contributed by atoms with E-state index in [2.05, 4.69) is 469 Å². The molecule has 0 atom stereocenters. The van der Waals surface area contributed by atoms with Crippen LogP contribution in [0.1, 0.15) is 0 Å². The standard InChI is InChI=1S/2C46H29N3S.C34H21N3S/c1-4-14-30(15-5-1)32-26-27-39-38(29-32)42-36(23-13-24-40(42)49(39)35-20-8-3-9-21-35)33-18-12-19-34(28-33)46-47-43(31-16-6-2-7-17-31)45-44(48-46)37-22-10-11-25-41(37)50-45;1-4-13-30(14-5-1)33-23-25-40-38(28-33)39-29-34(24-26-41(39)49(40)36-19-8-3-9-20-36)32-17-12-18-35(27-32)46-47-43(31-15-6-2-7-16-31)45-44(48-46)37-21-10-11-22-42(37)50-45;1-3-11-22(12-4-1)34-35-31(33-32(36-34)26-16-8-10-18-30(26)38-33)23-19-20-29-27(21-23)25-15-7-9-17-28(25)37(29)24-13-5-2-6-14-24/h2*1-29H;1-21H. The van der Waals surface area contributed by atoms with Crippen LogP contribution >= 0.6 is 34.0 Å². The highest BCUT2D eigenvalue weighted by molar-refractivity contribution is 7.27. The molecule has 0 aliphatic carbocycles. The first kappa shape index (κ1) is 81.3. The van der Waals surface area contributed by atoms with Crippen molar-refractivity contribution in [2.75, 3.05) is 0 Å². The lowest BCUT2D eigenvalue weighted by molar-refractivity contribution is 1.18. The van der Waals surface area contributed by atoms with Gasteiger partial charge in [0.25, 0.3) is 0 Å². The third kappa shape index (κ3) is 14.4. The molecular weight excluding hydrogens is 1740 g/mol. The first-order valence-corrected chi connectivity index (χ1v) is 48.8. The fraction of sp³-hybridized carbons (Fsp3) is 0. The Bertz CT molecular complexity index is 9570. The fourth-order valence-corrected chi connectivity index (χ4v) is 23.5. The summed E-state index contributed by atoms with van der Waals surface area (Å²) in [7, 11) is 0. The third-order valence-electron chi connectivity index (χ3n) is 26.4. The van der Waals surface area contributed by atoms with Gasteiger partial charge in [-0.1, -0.05) is 352 Å². The second-order valence-corrected chi connectivity index (χ2v) is 37.8. The first-order chi connectivity index (χ1) is 68.4. The maximum Gasteiger partial charge on any atom is 0.160 e. The molecule has 0 amide bonds. The summed E-state index contributed by atoms with van der Waals surface area (Å²) >= 11 is 5.29. The summed E-state index contributed by atoms with van der Waals surface area (Å²) in [6, 6.07) is 170. The van der Waals surface area contributed by atoms with E-state index < -0.39 is 0 Å². The number of aromatic nitrogens is 9. The normalized spacial score (nSPS) is 11.6. The lowest BCUT2D eigenvalue weighted by Crippen LogP contribution is -1.94. The Kier molecular flexibility index (Phi) is 20.3. The van der Waals surface area contributed by atoms with Crippen LogP contribution in [0.3, 0.4) is 0 Å². The molecule has 0 aliphatic rings. The van der Waals surface area contributed by atoms with Crippen molar-refractivity contribution < 1.29 is 0 Å². The summed E-state index contributed by atoms with van der Waals surface area (Å²) in [5.74, 6) is 2.21. The maximum absolute atomic E-state index is 5.27. The molecule has 9 nitrogen and oxygen atoms in total. The maximum atomic E-state index is 5.27. The van der Waals surface area contributed by atoms with Crippen molar-refractivity contribution in [3.05, 3.63) is 479 Å². The first-order valence-electron chi connectivity index (χ1n) is 46.4. The van der Waals surface area contributed by atoms with Gasteiger partial charge in [-0.3, -0.25) is 0 Å². The molecule has 0 saturated heterocycles. The molecule has 9 aromatic heterocycles. The number of rotatable bonds is 13. The number of fused-ring (bicyclic) bond motifs is 18. The number of nitrogens with zero attached hydrogens (tertiary/aromatic N) is 9. The molecule has 0 aliphatic heterocycles. The average Bonchev–Trinajstić information content (AvgIpc) is 1.58. The molecule has 28 rings (SSSR count). The predicted octanol–water partition coefficient (Wildman–Crippen LogP) is 34.5. The van der Waals surface area contributed by atoms with Crippen molar-refractivity contribution in [2.24, 2.45) is 0 Å². The van der Waals surface area contributed by atoms with Crippen LogP contribution < -0.4 is 0 Å². The summed E-state index contributed by atoms with van der Waals surface area (Å²) in [5.41, 5.74) is 32.2. The second kappa shape index (κ2) is 34.5. The highest BCUT2D eigenvalue weighted by atomic mass is 32.1. The number of thiophene rings is 3. The Morgan fingerprint density at radius 3 is 0.884 bits per heavy atom. The zero-order valence-corrected chi connectivity index (χ0v) is 76.8. The van der Waals surface area contributed by atoms with E-state index in [-0.39, 0.29) is 0 Å². The minimum Gasteiger partial charge on any atom is -0.309 e. The van der Waals surface area contributed by atoms with Crippen LogP contribution in [-0.2, 0) is 0 Å². The van der Waals surface area contributed by atoms with E-state index in [1.165, 1.54) is 118 Å². The van der Waals surface area contributed by atoms with Crippen LogP contribution in [0.25, 0.3) is 256 Å². The van der Waals surface area contributed by atoms with Crippen molar-refractivity contribution in [1.82, 2.24) is 43.6 Å². The van der Waals surface area contributed by atoms with E-state index in [1.807, 2.05) is 24.3 Å². The van der Waals surface area contributed by atoms with Crippen molar-refractivity contribution in [3.63, 3.8) is 0 Å². The number of para-hydroxylation sites is 4. The SMILES string of the molecule is c1ccc(-c2ccc3c(c2)c2c(-c4cccc(-c5nc(-c6ccccc6)c6sc7ccccc7c6n5)c4)cccc2n3-c2ccccc2)cc1.c1ccc(-c2ccc3c(c2)c2cc(-c4cccc(-c5nc(-c6ccccc6)c6sc7ccccc7c6n5)c4)ccc2n3-c2ccccc2)cc1.c1ccc(-c2nc(-c3ccc4c(c3)c3ccccc3n4-c3ccccc3)c3sc4ccccc4c3n2)cc1. The van der Waals surface area contributed by atoms with Crippen molar-refractivity contribution in [2.45, 2.75) is 0 Å². The summed E-state index contributed by atoms with van der Waals surface area (Å²) < 4.78 is 14.1. The lowest BCUT2D eigenvalue weighted by atomic mass is 9.96. The molecule has 0 unspecified atom stereocenters. The summed E-state index contributed by atoms with van der Waals surface area (Å²) in [6.45, 7) is 0. The quantitative estimate of drug-likeness (QED) is 0.114. The van der Waals surface area contributed by atoms with Gasteiger partial charge in [-0.25, -0.2) is 29.9 Å². The molecule has 9 heterocycles. The Balaban J connectivity index is 0.000000108. The van der Waals surface area contributed by atoms with Crippen LogP contribution in [0.2, 0.25) is 0 Å². The molecule has 0 spiro atoms. The van der Waals surface area contributed by atoms with E-state index in [4.69, 9.17) is 29.9 Å². The molecule has 646 valence electrons. The van der Waals surface area contributed by atoms with Crippen LogP contribution in [0, 0.1) is 0 Å². The largest absolute Gasteiger partial charge is 0.309 e. The third-order valence-corrected chi connectivity index (χ3v) is 29.9. The Labute approximate surface area is 806 Å². The van der Waals surface area contributed by atoms with Gasteiger partial charge in [-0.2, -0.15) is 0 Å². The van der Waals surface area contributed by atoms with Crippen LogP contribution in [0.4, 0.5) is 0 Å². The lowest BCUT2D eigenvalue weighted by Gasteiger charge is -2.10. The molecule has 28 aromatic rings. The fourth-order valence-electron chi connectivity index (χ4n) is 20.0. The predicted molar refractivity (Wildman–Crippen MR) is 582 cm³/mol. The van der Waals surface area contributed by atoms with E-state index in [0.29, 0.717) is 0 Å². The van der Waals surface area contributed by atoms with Crippen molar-refractivity contribution in [1.29, 1.82) is 0 Å². The van der Waals surface area contributed by atoms with Crippen molar-refractivity contribution in [3.8, 4) is 130 Å². The number of benzene rings is 19. The minimum atomic E-state index is 0.729. The van der Waals surface area contributed by atoms with Gasteiger partial charge in [0.2, 0.25) is 0 Å². The van der Waals surface area contributed by atoms with Gasteiger partial charge in [0.05, 0.1) is 80.8 Å². The van der Waals surface area contributed by atoms with Crippen LogP contribution in [0.5, 0.6) is 0 Å². The Hall–Kier alpha value is -17.5. The monoisotopic (exact) mass is 1810 g/mol. The van der Waals surface area contributed by atoms with Gasteiger partial charge in [-0.05, 0) is 172 Å². The van der Waals surface area contributed by atoms with Gasteiger partial charge < -0.3 is 13.7 Å². The molecule has 0 bridgehead atoms. The topological polar surface area (TPSA) is 92.1 Å². The van der Waals surface area contributed by atoms with E-state index in [1.54, 1.807) is 34.0 Å². The molecule has 12 heteroatoms. The second-order valence-electron chi connectivity index (χ2n) is 34.7. The van der Waals surface area contributed by atoms with Gasteiger partial charge in [0.1, 0.15) is 0 Å². The molecule has 0 fully saturated rings. The molecular formula is C126H79N9S3. The summed E-state index contributed by atoms with van der Waals surface area (Å²) in [6.07, 6.45) is 0. The highest BCUT2D eigenvalue weighted by Gasteiger charge is 2.26. The smallest absolute Gasteiger partial charge is 0.160 e. The van der Waals surface area contributed by atoms with Crippen LogP contribution in [-0.4, -0.2) is 43.6 Å². The Morgan fingerprint density at radius 2 is 0.435 bits per heavy atom. The van der Waals surface area contributed by atoms with Gasteiger partial charge in [-0.15, -0.1) is 34.0 Å². The number of hydrogen-bond donors (Lipinski definition) is 0. The number of hydrogen-bond acceptors (Lipinski definition) is 9. The zero-order valence-electron chi connectivity index (χ0n) is 74.4. The van der Waals surface area contributed by atoms with E-state index in [9.17, 15) is 0 Å². The molecule has 0 radical (unpaired) electrons. The summed E-state index contributed by atoms with van der Waals surface area (Å²) in [4.78, 5) is 31.2. The van der Waals surface area contributed by atoms with E-state index in [0.717, 1.165) is 138 Å². The average molecular weight is 1820 g/mol. The minimum absolute atomic E-state index is 0.729. The van der Waals surface area contributed by atoms with Crippen molar-refractivity contribution >= 4 is 160 Å². The molecule has 0 saturated carbocycles. The van der Waals surface area contributed by atoms with E-state index >= 15 is 0 Å². The Morgan fingerprint density at radius 1 is 0.159 bits per heavy atom. The molecule has 19 aromatic carbocycles. The van der Waals surface area contributed by atoms with Gasteiger partial charge in [0.15, 0.2) is 17.5 Å². The molecule has 0 N–H and O–H groups in total. The summed E-state index contributed by atoms with van der Waals surface area (Å²) in [5, 5.41) is 10.9. The van der Waals surface area contributed by atoms with Gasteiger partial charge in [0, 0.05) is 113 Å². The van der Waals surface area contributed by atoms with Gasteiger partial charge >= 0.3 is 0 Å².